The van der Waals surface area contributed by atoms with Crippen LogP contribution in [0.1, 0.15) is 37.3 Å². The van der Waals surface area contributed by atoms with Gasteiger partial charge >= 0.3 is 0 Å². The lowest BCUT2D eigenvalue weighted by Gasteiger charge is -2.15. The van der Waals surface area contributed by atoms with Crippen LogP contribution in [-0.4, -0.2) is 30.7 Å². The number of nitrogens with zero attached hydrogens (tertiary/aromatic N) is 2. The SMILES string of the molecule is CCNC(=NCc1ccn(C)c1)NCCC(C)c1ccc(OC)cc1. The molecular formula is C20H30N4O. The third kappa shape index (κ3) is 6.18. The van der Waals surface area contributed by atoms with E-state index in [1.807, 2.05) is 29.9 Å². The van der Waals surface area contributed by atoms with E-state index >= 15 is 0 Å². The molecule has 5 heteroatoms. The number of aryl methyl sites for hydroxylation is 1. The minimum Gasteiger partial charge on any atom is -0.497 e. The van der Waals surface area contributed by atoms with Gasteiger partial charge in [-0.3, -0.25) is 0 Å². The Bertz CT molecular complexity index is 661. The van der Waals surface area contributed by atoms with E-state index in [1.165, 1.54) is 11.1 Å². The van der Waals surface area contributed by atoms with Gasteiger partial charge in [0.15, 0.2) is 5.96 Å². The van der Waals surface area contributed by atoms with Crippen molar-refractivity contribution in [1.29, 1.82) is 0 Å². The largest absolute Gasteiger partial charge is 0.497 e. The monoisotopic (exact) mass is 342 g/mol. The lowest BCUT2D eigenvalue weighted by molar-refractivity contribution is 0.414. The molecule has 136 valence electrons. The van der Waals surface area contributed by atoms with Crippen LogP contribution in [0, 0.1) is 0 Å². The van der Waals surface area contributed by atoms with E-state index in [0.29, 0.717) is 12.5 Å². The zero-order chi connectivity index (χ0) is 18.1. The van der Waals surface area contributed by atoms with Crippen molar-refractivity contribution in [3.8, 4) is 5.75 Å². The molecule has 1 heterocycles. The van der Waals surface area contributed by atoms with Crippen LogP contribution in [0.25, 0.3) is 0 Å². The lowest BCUT2D eigenvalue weighted by Crippen LogP contribution is -2.38. The van der Waals surface area contributed by atoms with Gasteiger partial charge in [-0.15, -0.1) is 0 Å². The van der Waals surface area contributed by atoms with E-state index in [0.717, 1.165) is 31.2 Å². The number of benzene rings is 1. The summed E-state index contributed by atoms with van der Waals surface area (Å²) >= 11 is 0. The summed E-state index contributed by atoms with van der Waals surface area (Å²) < 4.78 is 7.26. The molecule has 2 N–H and O–H groups in total. The van der Waals surface area contributed by atoms with Crippen LogP contribution in [-0.2, 0) is 13.6 Å². The van der Waals surface area contributed by atoms with Crippen LogP contribution >= 0.6 is 0 Å². The van der Waals surface area contributed by atoms with Gasteiger partial charge in [0.1, 0.15) is 5.75 Å². The Kier molecular flexibility index (Phi) is 7.38. The van der Waals surface area contributed by atoms with Gasteiger partial charge in [0, 0.05) is 32.5 Å². The van der Waals surface area contributed by atoms with E-state index in [1.54, 1.807) is 7.11 Å². The van der Waals surface area contributed by atoms with Crippen molar-refractivity contribution < 1.29 is 4.74 Å². The second-order valence-corrected chi connectivity index (χ2v) is 6.27. The van der Waals surface area contributed by atoms with Gasteiger partial charge in [-0.05, 0) is 48.6 Å². The quantitative estimate of drug-likeness (QED) is 0.572. The summed E-state index contributed by atoms with van der Waals surface area (Å²) in [6.45, 7) is 6.75. The van der Waals surface area contributed by atoms with Crippen molar-refractivity contribution >= 4 is 5.96 Å². The predicted octanol–water partition coefficient (Wildman–Crippen LogP) is 3.28. The molecule has 0 aliphatic heterocycles. The lowest BCUT2D eigenvalue weighted by atomic mass is 9.98. The molecular weight excluding hydrogens is 312 g/mol. The number of nitrogens with one attached hydrogen (secondary N) is 2. The molecule has 0 aliphatic carbocycles. The highest BCUT2D eigenvalue weighted by Crippen LogP contribution is 2.21. The normalized spacial score (nSPS) is 12.7. The fourth-order valence-electron chi connectivity index (χ4n) is 2.67. The van der Waals surface area contributed by atoms with Crippen molar-refractivity contribution in [2.75, 3.05) is 20.2 Å². The molecule has 2 aromatic rings. The number of rotatable bonds is 8. The Balaban J connectivity index is 1.83. The molecule has 25 heavy (non-hydrogen) atoms. The smallest absolute Gasteiger partial charge is 0.191 e. The van der Waals surface area contributed by atoms with Crippen LogP contribution in [0.5, 0.6) is 5.75 Å². The summed E-state index contributed by atoms with van der Waals surface area (Å²) in [4.78, 5) is 4.65. The molecule has 0 saturated heterocycles. The number of hydrogen-bond acceptors (Lipinski definition) is 2. The highest BCUT2D eigenvalue weighted by Gasteiger charge is 2.06. The summed E-state index contributed by atoms with van der Waals surface area (Å²) in [5.74, 6) is 2.25. The zero-order valence-corrected chi connectivity index (χ0v) is 15.7. The fraction of sp³-hybridized carbons (Fsp3) is 0.450. The van der Waals surface area contributed by atoms with Crippen molar-refractivity contribution in [2.24, 2.45) is 12.0 Å². The second-order valence-electron chi connectivity index (χ2n) is 6.27. The molecule has 5 nitrogen and oxygen atoms in total. The molecule has 0 bridgehead atoms. The molecule has 0 radical (unpaired) electrons. The van der Waals surface area contributed by atoms with Crippen LogP contribution in [0.4, 0.5) is 0 Å². The highest BCUT2D eigenvalue weighted by molar-refractivity contribution is 5.79. The Morgan fingerprint density at radius 3 is 2.56 bits per heavy atom. The van der Waals surface area contributed by atoms with E-state index in [4.69, 9.17) is 4.74 Å². The fourth-order valence-corrected chi connectivity index (χ4v) is 2.67. The number of hydrogen-bond donors (Lipinski definition) is 2. The van der Waals surface area contributed by atoms with Gasteiger partial charge < -0.3 is 19.9 Å². The zero-order valence-electron chi connectivity index (χ0n) is 15.7. The minimum absolute atomic E-state index is 0.482. The summed E-state index contributed by atoms with van der Waals surface area (Å²) in [5, 5.41) is 6.73. The summed E-state index contributed by atoms with van der Waals surface area (Å²) in [5.41, 5.74) is 2.54. The van der Waals surface area contributed by atoms with Crippen molar-refractivity contribution in [3.63, 3.8) is 0 Å². The summed E-state index contributed by atoms with van der Waals surface area (Å²) in [6.07, 6.45) is 5.18. The van der Waals surface area contributed by atoms with E-state index in [2.05, 4.69) is 53.9 Å². The molecule has 1 unspecified atom stereocenters. The first-order valence-electron chi connectivity index (χ1n) is 8.89. The molecule has 1 aromatic carbocycles. The standard InChI is InChI=1S/C20H30N4O/c1-5-21-20(23-14-17-11-13-24(3)15-17)22-12-10-16(2)18-6-8-19(25-4)9-7-18/h6-9,11,13,15-16H,5,10,12,14H2,1-4H3,(H2,21,22,23). The van der Waals surface area contributed by atoms with Crippen molar-refractivity contribution in [2.45, 2.75) is 32.7 Å². The van der Waals surface area contributed by atoms with Gasteiger partial charge in [-0.1, -0.05) is 19.1 Å². The number of ether oxygens (including phenoxy) is 1. The molecule has 0 fully saturated rings. The summed E-state index contributed by atoms with van der Waals surface area (Å²) in [6, 6.07) is 10.4. The Morgan fingerprint density at radius 2 is 1.96 bits per heavy atom. The Morgan fingerprint density at radius 1 is 1.20 bits per heavy atom. The first-order valence-corrected chi connectivity index (χ1v) is 8.89. The number of aromatic nitrogens is 1. The number of methoxy groups -OCH3 is 1. The Labute approximate surface area is 151 Å². The third-order valence-corrected chi connectivity index (χ3v) is 4.21. The van der Waals surface area contributed by atoms with Gasteiger partial charge in [-0.25, -0.2) is 4.99 Å². The van der Waals surface area contributed by atoms with Crippen LogP contribution in [0.2, 0.25) is 0 Å². The minimum atomic E-state index is 0.482. The first kappa shape index (κ1) is 18.9. The highest BCUT2D eigenvalue weighted by atomic mass is 16.5. The van der Waals surface area contributed by atoms with Gasteiger partial charge in [-0.2, -0.15) is 0 Å². The van der Waals surface area contributed by atoms with E-state index in [-0.39, 0.29) is 0 Å². The number of aliphatic imine (C=N–C) groups is 1. The average Bonchev–Trinajstić information content (AvgIpc) is 3.05. The van der Waals surface area contributed by atoms with E-state index in [9.17, 15) is 0 Å². The first-order chi connectivity index (χ1) is 12.1. The molecule has 0 spiro atoms. The maximum atomic E-state index is 5.22. The van der Waals surface area contributed by atoms with Crippen LogP contribution in [0.3, 0.4) is 0 Å². The molecule has 0 aliphatic rings. The maximum absolute atomic E-state index is 5.22. The summed E-state index contributed by atoms with van der Waals surface area (Å²) in [7, 11) is 3.72. The topological polar surface area (TPSA) is 50.6 Å². The molecule has 0 saturated carbocycles. The van der Waals surface area contributed by atoms with Crippen LogP contribution < -0.4 is 15.4 Å². The van der Waals surface area contributed by atoms with E-state index < -0.39 is 0 Å². The molecule has 1 aromatic heterocycles. The predicted molar refractivity (Wildman–Crippen MR) is 104 cm³/mol. The van der Waals surface area contributed by atoms with Crippen molar-refractivity contribution in [3.05, 3.63) is 53.9 Å². The average molecular weight is 342 g/mol. The molecule has 1 atom stereocenters. The third-order valence-electron chi connectivity index (χ3n) is 4.21. The van der Waals surface area contributed by atoms with Crippen LogP contribution in [0.15, 0.2) is 47.7 Å². The number of guanidine groups is 1. The molecule has 2 rings (SSSR count). The van der Waals surface area contributed by atoms with Gasteiger partial charge in [0.2, 0.25) is 0 Å². The molecule has 0 amide bonds. The second kappa shape index (κ2) is 9.77. The maximum Gasteiger partial charge on any atom is 0.191 e. The van der Waals surface area contributed by atoms with Gasteiger partial charge in [0.05, 0.1) is 13.7 Å². The van der Waals surface area contributed by atoms with Gasteiger partial charge in [0.25, 0.3) is 0 Å². The Hall–Kier alpha value is -2.43. The van der Waals surface area contributed by atoms with Crippen molar-refractivity contribution in [1.82, 2.24) is 15.2 Å².